The summed E-state index contributed by atoms with van der Waals surface area (Å²) in [5, 5.41) is 4.18. The summed E-state index contributed by atoms with van der Waals surface area (Å²) in [6, 6.07) is 16.9. The molecule has 0 fully saturated rings. The van der Waals surface area contributed by atoms with Gasteiger partial charge in [-0.25, -0.2) is 5.43 Å². The van der Waals surface area contributed by atoms with Crippen LogP contribution in [0.25, 0.3) is 5.69 Å². The van der Waals surface area contributed by atoms with Gasteiger partial charge in [-0.3, -0.25) is 4.79 Å². The Labute approximate surface area is 183 Å². The quantitative estimate of drug-likeness (QED) is 0.411. The van der Waals surface area contributed by atoms with Gasteiger partial charge in [-0.05, 0) is 75.1 Å². The van der Waals surface area contributed by atoms with E-state index in [4.69, 9.17) is 0 Å². The van der Waals surface area contributed by atoms with E-state index in [2.05, 4.69) is 86.1 Å². The zero-order chi connectivity index (χ0) is 21.7. The molecule has 0 bridgehead atoms. The Kier molecular flexibility index (Phi) is 7.16. The Morgan fingerprint density at radius 1 is 1.03 bits per heavy atom. The van der Waals surface area contributed by atoms with Crippen LogP contribution in [0.2, 0.25) is 0 Å². The van der Waals surface area contributed by atoms with Crippen LogP contribution in [0.3, 0.4) is 0 Å². The number of aryl methyl sites for hydroxylation is 4. The molecule has 0 atom stereocenters. The van der Waals surface area contributed by atoms with Gasteiger partial charge in [0, 0.05) is 28.4 Å². The fraction of sp³-hybridized carbons (Fsp3) is 0.280. The first-order valence-electron chi connectivity index (χ1n) is 10.1. The summed E-state index contributed by atoms with van der Waals surface area (Å²) >= 11 is 1.59. The van der Waals surface area contributed by atoms with Crippen molar-refractivity contribution in [2.24, 2.45) is 5.10 Å². The van der Waals surface area contributed by atoms with Gasteiger partial charge < -0.3 is 4.57 Å². The lowest BCUT2D eigenvalue weighted by molar-refractivity contribution is -0.118. The van der Waals surface area contributed by atoms with Crippen LogP contribution >= 0.6 is 11.8 Å². The van der Waals surface area contributed by atoms with Crippen LogP contribution in [0.15, 0.2) is 53.6 Å². The fourth-order valence-corrected chi connectivity index (χ4v) is 4.52. The van der Waals surface area contributed by atoms with Crippen LogP contribution in [0, 0.1) is 34.6 Å². The van der Waals surface area contributed by atoms with Crippen LogP contribution in [0.1, 0.15) is 39.2 Å². The lowest BCUT2D eigenvalue weighted by atomic mass is 10.1. The van der Waals surface area contributed by atoms with Crippen molar-refractivity contribution in [3.8, 4) is 5.69 Å². The van der Waals surface area contributed by atoms with Gasteiger partial charge >= 0.3 is 0 Å². The summed E-state index contributed by atoms with van der Waals surface area (Å²) < 4.78 is 2.22. The second-order valence-corrected chi connectivity index (χ2v) is 8.71. The molecule has 0 unspecified atom stereocenters. The zero-order valence-electron chi connectivity index (χ0n) is 18.3. The predicted molar refractivity (Wildman–Crippen MR) is 128 cm³/mol. The Morgan fingerprint density at radius 2 is 1.73 bits per heavy atom. The van der Waals surface area contributed by atoms with Gasteiger partial charge in [-0.1, -0.05) is 30.3 Å². The summed E-state index contributed by atoms with van der Waals surface area (Å²) in [7, 11) is 0. The topological polar surface area (TPSA) is 46.4 Å². The van der Waals surface area contributed by atoms with E-state index >= 15 is 0 Å². The van der Waals surface area contributed by atoms with Gasteiger partial charge in [0.25, 0.3) is 0 Å². The average molecular weight is 420 g/mol. The van der Waals surface area contributed by atoms with E-state index in [9.17, 15) is 4.79 Å². The second kappa shape index (κ2) is 9.81. The maximum Gasteiger partial charge on any atom is 0.250 e. The molecule has 3 aromatic rings. The number of amides is 1. The molecule has 0 saturated heterocycles. The third-order valence-corrected chi connectivity index (χ3v) is 6.06. The number of aromatic nitrogens is 1. The number of rotatable bonds is 7. The molecule has 0 spiro atoms. The number of hydrazone groups is 1. The van der Waals surface area contributed by atoms with Crippen LogP contribution in [0.4, 0.5) is 0 Å². The molecule has 2 aromatic carbocycles. The van der Waals surface area contributed by atoms with E-state index in [1.165, 1.54) is 22.3 Å². The van der Waals surface area contributed by atoms with Crippen molar-refractivity contribution in [2.45, 2.75) is 40.4 Å². The molecule has 1 amide bonds. The largest absolute Gasteiger partial charge is 0.318 e. The van der Waals surface area contributed by atoms with Crippen molar-refractivity contribution < 1.29 is 4.79 Å². The molecule has 5 heteroatoms. The highest BCUT2D eigenvalue weighted by Gasteiger charge is 2.10. The molecule has 156 valence electrons. The summed E-state index contributed by atoms with van der Waals surface area (Å²) in [4.78, 5) is 12.1. The van der Waals surface area contributed by atoms with Crippen LogP contribution in [-0.2, 0) is 10.5 Å². The van der Waals surface area contributed by atoms with Crippen molar-refractivity contribution in [1.82, 2.24) is 9.99 Å². The van der Waals surface area contributed by atoms with Gasteiger partial charge in [-0.2, -0.15) is 5.10 Å². The Bertz CT molecular complexity index is 1060. The minimum absolute atomic E-state index is 0.0899. The van der Waals surface area contributed by atoms with Crippen molar-refractivity contribution in [1.29, 1.82) is 0 Å². The van der Waals surface area contributed by atoms with E-state index in [0.717, 1.165) is 28.4 Å². The SMILES string of the molecule is Cc1cc(C)cc(-n2c(C)cc(/C=N\NC(=O)CSCc3ccccc3C)c2C)c1. The minimum Gasteiger partial charge on any atom is -0.318 e. The van der Waals surface area contributed by atoms with Crippen LogP contribution in [-0.4, -0.2) is 22.4 Å². The number of benzene rings is 2. The average Bonchev–Trinajstić information content (AvgIpc) is 2.96. The molecule has 0 aliphatic rings. The molecular weight excluding hydrogens is 390 g/mol. The molecule has 4 nitrogen and oxygen atoms in total. The Hall–Kier alpha value is -2.79. The second-order valence-electron chi connectivity index (χ2n) is 7.72. The molecular formula is C25H29N3OS. The van der Waals surface area contributed by atoms with Crippen molar-refractivity contribution in [3.05, 3.63) is 87.7 Å². The molecule has 0 radical (unpaired) electrons. The lowest BCUT2D eigenvalue weighted by Crippen LogP contribution is -2.19. The van der Waals surface area contributed by atoms with Gasteiger partial charge in [0.2, 0.25) is 5.91 Å². The predicted octanol–water partition coefficient (Wildman–Crippen LogP) is 5.40. The Morgan fingerprint density at radius 3 is 2.43 bits per heavy atom. The summed E-state index contributed by atoms with van der Waals surface area (Å²) in [6.07, 6.45) is 1.73. The third kappa shape index (κ3) is 5.42. The number of nitrogens with zero attached hydrogens (tertiary/aromatic N) is 2. The van der Waals surface area contributed by atoms with E-state index in [1.807, 2.05) is 12.1 Å². The van der Waals surface area contributed by atoms with Gasteiger partial charge in [0.1, 0.15) is 0 Å². The maximum atomic E-state index is 12.1. The first-order valence-corrected chi connectivity index (χ1v) is 11.2. The smallest absolute Gasteiger partial charge is 0.250 e. The number of hydrogen-bond donors (Lipinski definition) is 1. The molecule has 0 saturated carbocycles. The normalized spacial score (nSPS) is 11.2. The molecule has 1 aromatic heterocycles. The van der Waals surface area contributed by atoms with E-state index < -0.39 is 0 Å². The summed E-state index contributed by atoms with van der Waals surface area (Å²) in [6.45, 7) is 10.5. The number of hydrogen-bond acceptors (Lipinski definition) is 3. The van der Waals surface area contributed by atoms with Gasteiger partial charge in [0.15, 0.2) is 0 Å². The standard InChI is InChI=1S/C25H29N3OS/c1-17-10-18(2)12-24(11-17)28-20(4)13-23(21(28)5)14-26-27-25(29)16-30-15-22-9-7-6-8-19(22)3/h6-14H,15-16H2,1-5H3,(H,27,29)/b26-14-. The van der Waals surface area contributed by atoms with Crippen molar-refractivity contribution in [3.63, 3.8) is 0 Å². The number of thioether (sulfide) groups is 1. The highest BCUT2D eigenvalue weighted by molar-refractivity contribution is 7.99. The number of carbonyl (C=O) groups excluding carboxylic acids is 1. The summed E-state index contributed by atoms with van der Waals surface area (Å²) in [5.74, 6) is 1.11. The highest BCUT2D eigenvalue weighted by Crippen LogP contribution is 2.22. The Balaban J connectivity index is 1.60. The molecule has 1 N–H and O–H groups in total. The summed E-state index contributed by atoms with van der Waals surface area (Å²) in [5.41, 5.74) is 12.0. The monoisotopic (exact) mass is 419 g/mol. The molecule has 3 rings (SSSR count). The molecule has 30 heavy (non-hydrogen) atoms. The van der Waals surface area contributed by atoms with Crippen LogP contribution < -0.4 is 5.43 Å². The molecule has 0 aliphatic heterocycles. The van der Waals surface area contributed by atoms with Crippen molar-refractivity contribution >= 4 is 23.9 Å². The van der Waals surface area contributed by atoms with E-state index in [1.54, 1.807) is 18.0 Å². The van der Waals surface area contributed by atoms with Crippen LogP contribution in [0.5, 0.6) is 0 Å². The zero-order valence-corrected chi connectivity index (χ0v) is 19.1. The minimum atomic E-state index is -0.0899. The highest BCUT2D eigenvalue weighted by atomic mass is 32.2. The first kappa shape index (κ1) is 21.9. The number of carbonyl (C=O) groups is 1. The lowest BCUT2D eigenvalue weighted by Gasteiger charge is -2.11. The van der Waals surface area contributed by atoms with E-state index in [0.29, 0.717) is 5.75 Å². The van der Waals surface area contributed by atoms with Gasteiger partial charge in [-0.15, -0.1) is 11.8 Å². The third-order valence-electron chi connectivity index (χ3n) is 5.08. The van der Waals surface area contributed by atoms with E-state index in [-0.39, 0.29) is 5.91 Å². The van der Waals surface area contributed by atoms with Gasteiger partial charge in [0.05, 0.1) is 12.0 Å². The number of nitrogens with one attached hydrogen (secondary N) is 1. The molecule has 1 heterocycles. The maximum absolute atomic E-state index is 12.1. The van der Waals surface area contributed by atoms with Crippen molar-refractivity contribution in [2.75, 3.05) is 5.75 Å². The first-order chi connectivity index (χ1) is 14.3. The molecule has 0 aliphatic carbocycles. The fourth-order valence-electron chi connectivity index (χ4n) is 3.63.